The van der Waals surface area contributed by atoms with Gasteiger partial charge in [0.25, 0.3) is 0 Å². The van der Waals surface area contributed by atoms with E-state index in [1.165, 1.54) is 50.3 Å². The first-order chi connectivity index (χ1) is 11.3. The monoisotopic (exact) mass is 329 g/mol. The summed E-state index contributed by atoms with van der Waals surface area (Å²) in [5.41, 5.74) is 2.00. The number of nitrogens with zero attached hydrogens (tertiary/aromatic N) is 2. The predicted molar refractivity (Wildman–Crippen MR) is 93.5 cm³/mol. The molecule has 0 radical (unpaired) electrons. The van der Waals surface area contributed by atoms with Crippen LogP contribution < -0.4 is 0 Å². The van der Waals surface area contributed by atoms with Crippen molar-refractivity contribution in [3.8, 4) is 0 Å². The zero-order valence-corrected chi connectivity index (χ0v) is 14.1. The molecule has 1 saturated heterocycles. The molecule has 1 aliphatic carbocycles. The van der Waals surface area contributed by atoms with Crippen LogP contribution in [0.2, 0.25) is 0 Å². The number of thioether (sulfide) groups is 1. The number of hydrogen-bond donors (Lipinski definition) is 1. The number of likely N-dealkylation sites (tertiary alicyclic amines) is 1. The molecule has 0 spiro atoms. The van der Waals surface area contributed by atoms with Crippen molar-refractivity contribution >= 4 is 28.7 Å². The van der Waals surface area contributed by atoms with Crippen molar-refractivity contribution < 1.29 is 4.79 Å². The number of hydrogen-bond acceptors (Lipinski definition) is 3. The van der Waals surface area contributed by atoms with Gasteiger partial charge in [0.1, 0.15) is 0 Å². The van der Waals surface area contributed by atoms with Gasteiger partial charge in [-0.2, -0.15) is 0 Å². The zero-order valence-electron chi connectivity index (χ0n) is 13.3. The summed E-state index contributed by atoms with van der Waals surface area (Å²) in [5, 5.41) is 0.844. The fourth-order valence-corrected chi connectivity index (χ4v) is 4.92. The predicted octanol–water partition coefficient (Wildman–Crippen LogP) is 3.84. The molecule has 0 bridgehead atoms. The van der Waals surface area contributed by atoms with Gasteiger partial charge >= 0.3 is 0 Å². The van der Waals surface area contributed by atoms with Crippen LogP contribution in [-0.2, 0) is 4.79 Å². The van der Waals surface area contributed by atoms with E-state index in [0.717, 1.165) is 28.7 Å². The third-order valence-corrected chi connectivity index (χ3v) is 6.12. The Labute approximate surface area is 141 Å². The molecule has 1 N–H and O–H groups in total. The zero-order chi connectivity index (χ0) is 15.6. The lowest BCUT2D eigenvalue weighted by Gasteiger charge is -2.44. The first-order valence-corrected chi connectivity index (χ1v) is 9.67. The van der Waals surface area contributed by atoms with Gasteiger partial charge in [0.05, 0.1) is 16.8 Å². The molecule has 122 valence electrons. The second-order valence-electron chi connectivity index (χ2n) is 6.69. The molecule has 1 aromatic carbocycles. The molecular formula is C18H23N3OS. The Morgan fingerprint density at radius 2 is 2.04 bits per heavy atom. The van der Waals surface area contributed by atoms with Gasteiger partial charge in [-0.05, 0) is 43.7 Å². The molecule has 1 amide bonds. The van der Waals surface area contributed by atoms with Crippen LogP contribution in [0.5, 0.6) is 0 Å². The topological polar surface area (TPSA) is 49.0 Å². The number of piperidine rings is 1. The number of carbonyl (C=O) groups is 1. The van der Waals surface area contributed by atoms with Crippen LogP contribution in [0, 0.1) is 5.92 Å². The van der Waals surface area contributed by atoms with Crippen molar-refractivity contribution in [3.63, 3.8) is 0 Å². The van der Waals surface area contributed by atoms with E-state index in [1.54, 1.807) is 0 Å². The Morgan fingerprint density at radius 1 is 1.22 bits per heavy atom. The molecule has 1 aromatic heterocycles. The molecule has 2 aromatic rings. The van der Waals surface area contributed by atoms with Crippen molar-refractivity contribution in [1.29, 1.82) is 0 Å². The quantitative estimate of drug-likeness (QED) is 0.871. The Hall–Kier alpha value is -1.49. The summed E-state index contributed by atoms with van der Waals surface area (Å²) in [5.74, 6) is 1.52. The van der Waals surface area contributed by atoms with E-state index in [2.05, 4.69) is 14.9 Å². The van der Waals surface area contributed by atoms with E-state index >= 15 is 0 Å². The van der Waals surface area contributed by atoms with Gasteiger partial charge in [0.15, 0.2) is 5.16 Å². The van der Waals surface area contributed by atoms with Crippen molar-refractivity contribution in [2.75, 3.05) is 12.3 Å². The molecule has 4 nitrogen and oxygen atoms in total. The Morgan fingerprint density at radius 3 is 2.96 bits per heavy atom. The standard InChI is InChI=1S/C18H23N3OS/c22-17(21-11-5-7-13-6-1-4-10-16(13)21)12-23-18-19-14-8-2-3-9-15(14)20-18/h2-3,8-9,13,16H,1,4-7,10-12H2,(H,19,20)/t13-,16-/m1/s1. The Kier molecular flexibility index (Phi) is 4.29. The molecule has 2 heterocycles. The molecule has 2 aliphatic rings. The number of benzene rings is 1. The SMILES string of the molecule is O=C(CSc1nc2ccccc2[nH]1)N1CCC[C@H]2CCCC[C@H]21. The number of fused-ring (bicyclic) bond motifs is 2. The third-order valence-electron chi connectivity index (χ3n) is 5.26. The number of H-pyrrole nitrogens is 1. The largest absolute Gasteiger partial charge is 0.339 e. The van der Waals surface area contributed by atoms with E-state index in [9.17, 15) is 4.79 Å². The van der Waals surface area contributed by atoms with E-state index in [0.29, 0.717) is 11.8 Å². The molecule has 1 saturated carbocycles. The second kappa shape index (κ2) is 6.56. The van der Waals surface area contributed by atoms with Crippen LogP contribution in [0.4, 0.5) is 0 Å². The molecule has 4 rings (SSSR count). The van der Waals surface area contributed by atoms with E-state index in [-0.39, 0.29) is 5.91 Å². The fraction of sp³-hybridized carbons (Fsp3) is 0.556. The molecule has 1 aliphatic heterocycles. The van der Waals surface area contributed by atoms with Crippen molar-refractivity contribution in [3.05, 3.63) is 24.3 Å². The van der Waals surface area contributed by atoms with Crippen molar-refractivity contribution in [2.24, 2.45) is 5.92 Å². The highest BCUT2D eigenvalue weighted by Gasteiger charge is 2.35. The van der Waals surface area contributed by atoms with Gasteiger partial charge in [0, 0.05) is 12.6 Å². The summed E-state index contributed by atoms with van der Waals surface area (Å²) >= 11 is 1.53. The van der Waals surface area contributed by atoms with Crippen LogP contribution in [0.3, 0.4) is 0 Å². The smallest absolute Gasteiger partial charge is 0.233 e. The lowest BCUT2D eigenvalue weighted by molar-refractivity contribution is -0.134. The lowest BCUT2D eigenvalue weighted by atomic mass is 9.78. The molecule has 23 heavy (non-hydrogen) atoms. The van der Waals surface area contributed by atoms with E-state index in [4.69, 9.17) is 0 Å². The summed E-state index contributed by atoms with van der Waals surface area (Å²) in [4.78, 5) is 22.7. The van der Waals surface area contributed by atoms with E-state index < -0.39 is 0 Å². The van der Waals surface area contributed by atoms with Gasteiger partial charge in [-0.3, -0.25) is 4.79 Å². The first kappa shape index (κ1) is 15.1. The first-order valence-electron chi connectivity index (χ1n) is 8.68. The van der Waals surface area contributed by atoms with Gasteiger partial charge in [-0.15, -0.1) is 0 Å². The number of aromatic amines is 1. The number of para-hydroxylation sites is 2. The third kappa shape index (κ3) is 3.11. The van der Waals surface area contributed by atoms with Crippen LogP contribution in [-0.4, -0.2) is 39.1 Å². The van der Waals surface area contributed by atoms with Gasteiger partial charge in [-0.1, -0.05) is 36.7 Å². The van der Waals surface area contributed by atoms with Gasteiger partial charge in [0.2, 0.25) is 5.91 Å². The molecule has 5 heteroatoms. The van der Waals surface area contributed by atoms with Crippen LogP contribution >= 0.6 is 11.8 Å². The maximum atomic E-state index is 12.7. The average Bonchev–Trinajstić information content (AvgIpc) is 3.02. The highest BCUT2D eigenvalue weighted by atomic mass is 32.2. The van der Waals surface area contributed by atoms with E-state index in [1.807, 2.05) is 24.3 Å². The normalized spacial score (nSPS) is 24.6. The number of rotatable bonds is 3. The van der Waals surface area contributed by atoms with Crippen molar-refractivity contribution in [1.82, 2.24) is 14.9 Å². The number of nitrogens with one attached hydrogen (secondary N) is 1. The Bertz CT molecular complexity index is 663. The van der Waals surface area contributed by atoms with Gasteiger partial charge < -0.3 is 9.88 Å². The van der Waals surface area contributed by atoms with Crippen LogP contribution in [0.15, 0.2) is 29.4 Å². The summed E-state index contributed by atoms with van der Waals surface area (Å²) in [6, 6.07) is 8.50. The number of imidazole rings is 1. The second-order valence-corrected chi connectivity index (χ2v) is 7.65. The maximum Gasteiger partial charge on any atom is 0.233 e. The molecule has 2 fully saturated rings. The highest BCUT2D eigenvalue weighted by molar-refractivity contribution is 7.99. The molecular weight excluding hydrogens is 306 g/mol. The molecule has 0 unspecified atom stereocenters. The summed E-state index contributed by atoms with van der Waals surface area (Å²) in [6.07, 6.45) is 7.61. The summed E-state index contributed by atoms with van der Waals surface area (Å²) in [7, 11) is 0. The van der Waals surface area contributed by atoms with Crippen LogP contribution in [0.1, 0.15) is 38.5 Å². The number of carbonyl (C=O) groups excluding carboxylic acids is 1. The minimum atomic E-state index is 0.284. The minimum Gasteiger partial charge on any atom is -0.339 e. The Balaban J connectivity index is 1.40. The maximum absolute atomic E-state index is 12.7. The summed E-state index contributed by atoms with van der Waals surface area (Å²) < 4.78 is 0. The fourth-order valence-electron chi connectivity index (χ4n) is 4.15. The average molecular weight is 329 g/mol. The molecule has 2 atom stereocenters. The number of amides is 1. The highest BCUT2D eigenvalue weighted by Crippen LogP contribution is 2.35. The summed E-state index contributed by atoms with van der Waals surface area (Å²) in [6.45, 7) is 0.945. The minimum absolute atomic E-state index is 0.284. The number of aromatic nitrogens is 2. The van der Waals surface area contributed by atoms with Crippen molar-refractivity contribution in [2.45, 2.75) is 49.7 Å². The van der Waals surface area contributed by atoms with Gasteiger partial charge in [-0.25, -0.2) is 4.98 Å². The lowest BCUT2D eigenvalue weighted by Crippen LogP contribution is -2.50. The van der Waals surface area contributed by atoms with Crippen LogP contribution in [0.25, 0.3) is 11.0 Å².